The number of hydrogen-bond donors (Lipinski definition) is 1. The van der Waals surface area contributed by atoms with Crippen molar-refractivity contribution in [3.05, 3.63) is 40.7 Å². The van der Waals surface area contributed by atoms with Crippen LogP contribution in [0.4, 0.5) is 4.79 Å². The van der Waals surface area contributed by atoms with Gasteiger partial charge in [0.05, 0.1) is 4.91 Å². The normalized spacial score (nSPS) is 21.2. The van der Waals surface area contributed by atoms with Gasteiger partial charge in [-0.1, -0.05) is 17.8 Å². The number of allylic oxidation sites excluding steroid dienone is 1. The summed E-state index contributed by atoms with van der Waals surface area (Å²) in [6, 6.07) is 3.86. The molecule has 1 aromatic rings. The molecule has 0 bridgehead atoms. The number of urea groups is 1. The third kappa shape index (κ3) is 2.93. The topological polar surface area (TPSA) is 82.8 Å². The van der Waals surface area contributed by atoms with Gasteiger partial charge in [0.15, 0.2) is 5.50 Å². The minimum absolute atomic E-state index is 0.00436. The minimum Gasteiger partial charge on any atom is -0.365 e. The van der Waals surface area contributed by atoms with Crippen molar-refractivity contribution in [3.8, 4) is 0 Å². The molecule has 2 aliphatic heterocycles. The molecule has 0 saturated carbocycles. The van der Waals surface area contributed by atoms with Crippen LogP contribution in [0.15, 0.2) is 35.1 Å². The van der Waals surface area contributed by atoms with Crippen molar-refractivity contribution in [1.29, 1.82) is 0 Å². The van der Waals surface area contributed by atoms with Gasteiger partial charge in [0.25, 0.3) is 5.91 Å². The first-order valence-corrected chi connectivity index (χ1v) is 8.79. The number of carbonyl (C=O) groups is 2. The molecular weight excluding hydrogens is 326 g/mol. The third-order valence-electron chi connectivity index (χ3n) is 4.32. The third-order valence-corrected chi connectivity index (χ3v) is 5.78. The number of nitrogens with zero attached hydrogens (tertiary/aromatic N) is 4. The lowest BCUT2D eigenvalue weighted by atomic mass is 10.2. The number of amides is 3. The van der Waals surface area contributed by atoms with Gasteiger partial charge in [-0.15, -0.1) is 0 Å². The first-order chi connectivity index (χ1) is 11.5. The van der Waals surface area contributed by atoms with Crippen LogP contribution in [-0.2, 0) is 11.3 Å². The van der Waals surface area contributed by atoms with E-state index in [-0.39, 0.29) is 11.5 Å². The van der Waals surface area contributed by atoms with Gasteiger partial charge >= 0.3 is 6.03 Å². The number of carbonyl (C=O) groups excluding carboxylic acids is 2. The molecule has 3 heterocycles. The highest BCUT2D eigenvalue weighted by atomic mass is 32.2. The molecule has 3 rings (SSSR count). The zero-order chi connectivity index (χ0) is 17.3. The molecule has 3 amide bonds. The van der Waals surface area contributed by atoms with E-state index in [0.717, 1.165) is 11.3 Å². The molecular formula is C16H21N5O2S. The van der Waals surface area contributed by atoms with Gasteiger partial charge in [-0.3, -0.25) is 14.7 Å². The maximum Gasteiger partial charge on any atom is 0.322 e. The molecule has 1 unspecified atom stereocenters. The van der Waals surface area contributed by atoms with Gasteiger partial charge in [0.2, 0.25) is 0 Å². The average Bonchev–Trinajstić information content (AvgIpc) is 3.09. The van der Waals surface area contributed by atoms with Gasteiger partial charge in [0, 0.05) is 44.3 Å². The molecule has 0 aliphatic carbocycles. The van der Waals surface area contributed by atoms with E-state index in [0.29, 0.717) is 31.1 Å². The van der Waals surface area contributed by atoms with E-state index >= 15 is 0 Å². The Bertz CT molecular complexity index is 678. The summed E-state index contributed by atoms with van der Waals surface area (Å²) in [6.07, 6.45) is 3.52. The van der Waals surface area contributed by atoms with Gasteiger partial charge in [-0.2, -0.15) is 0 Å². The summed E-state index contributed by atoms with van der Waals surface area (Å²) in [5.74, 6) is -0.449. The van der Waals surface area contributed by atoms with Crippen molar-refractivity contribution in [2.45, 2.75) is 25.9 Å². The van der Waals surface area contributed by atoms with Crippen molar-refractivity contribution in [3.63, 3.8) is 0 Å². The second-order valence-corrected chi connectivity index (χ2v) is 6.83. The van der Waals surface area contributed by atoms with E-state index in [1.54, 1.807) is 17.3 Å². The van der Waals surface area contributed by atoms with Crippen LogP contribution in [-0.4, -0.2) is 56.8 Å². The Balaban J connectivity index is 1.87. The molecule has 0 spiro atoms. The lowest BCUT2D eigenvalue weighted by Crippen LogP contribution is -2.45. The van der Waals surface area contributed by atoms with Crippen molar-refractivity contribution in [2.75, 3.05) is 19.6 Å². The van der Waals surface area contributed by atoms with Crippen LogP contribution in [0.3, 0.4) is 0 Å². The van der Waals surface area contributed by atoms with E-state index in [9.17, 15) is 9.59 Å². The van der Waals surface area contributed by atoms with Crippen LogP contribution < -0.4 is 5.73 Å². The fourth-order valence-electron chi connectivity index (χ4n) is 3.00. The number of hydrogen-bond acceptors (Lipinski definition) is 5. The maximum atomic E-state index is 12.6. The van der Waals surface area contributed by atoms with E-state index in [1.165, 1.54) is 11.8 Å². The molecule has 8 heteroatoms. The van der Waals surface area contributed by atoms with Gasteiger partial charge in [-0.05, 0) is 25.5 Å². The summed E-state index contributed by atoms with van der Waals surface area (Å²) in [5, 5.41) is 0. The van der Waals surface area contributed by atoms with Crippen LogP contribution in [0.2, 0.25) is 0 Å². The molecule has 7 nitrogen and oxygen atoms in total. The zero-order valence-electron chi connectivity index (χ0n) is 13.8. The number of thioether (sulfide) groups is 1. The van der Waals surface area contributed by atoms with E-state index < -0.39 is 5.91 Å². The smallest absolute Gasteiger partial charge is 0.322 e. The highest BCUT2D eigenvalue weighted by molar-refractivity contribution is 8.04. The largest absolute Gasteiger partial charge is 0.365 e. The van der Waals surface area contributed by atoms with Crippen LogP contribution >= 0.6 is 11.8 Å². The number of aromatic nitrogens is 1. The zero-order valence-corrected chi connectivity index (χ0v) is 14.6. The summed E-state index contributed by atoms with van der Waals surface area (Å²) in [6.45, 7) is 6.45. The second kappa shape index (κ2) is 6.72. The summed E-state index contributed by atoms with van der Waals surface area (Å²) in [4.78, 5) is 34.7. The quantitative estimate of drug-likeness (QED) is 0.870. The standard InChI is InChI=1S/C16H21N5O2S/c1-3-19-7-8-20(15(19)23)16-21(10-12-5-4-6-18-9-12)11(2)13(24-16)14(17)22/h4-6,9,16H,3,7-8,10H2,1-2H3,(H2,17,22). The monoisotopic (exact) mass is 347 g/mol. The molecule has 2 aliphatic rings. The summed E-state index contributed by atoms with van der Waals surface area (Å²) >= 11 is 1.36. The fourth-order valence-corrected chi connectivity index (χ4v) is 4.30. The van der Waals surface area contributed by atoms with Gasteiger partial charge in [-0.25, -0.2) is 4.79 Å². The average molecular weight is 347 g/mol. The predicted octanol–water partition coefficient (Wildman–Crippen LogP) is 1.39. The molecule has 2 N–H and O–H groups in total. The SMILES string of the molecule is CCN1CCN(C2SC(C(N)=O)=C(C)N2Cc2cccnc2)C1=O. The van der Waals surface area contributed by atoms with E-state index in [4.69, 9.17) is 5.73 Å². The Morgan fingerprint density at radius 2 is 2.25 bits per heavy atom. The molecule has 1 fully saturated rings. The number of nitrogens with two attached hydrogens (primary N) is 1. The summed E-state index contributed by atoms with van der Waals surface area (Å²) < 4.78 is 0. The lowest BCUT2D eigenvalue weighted by molar-refractivity contribution is -0.114. The molecule has 128 valence electrons. The molecule has 1 saturated heterocycles. The van der Waals surface area contributed by atoms with Crippen LogP contribution in [0, 0.1) is 0 Å². The van der Waals surface area contributed by atoms with Crippen LogP contribution in [0.25, 0.3) is 0 Å². The number of likely N-dealkylation sites (N-methyl/N-ethyl adjacent to an activating group) is 1. The molecule has 24 heavy (non-hydrogen) atoms. The Labute approximate surface area is 145 Å². The van der Waals surface area contributed by atoms with Crippen molar-refractivity contribution < 1.29 is 9.59 Å². The predicted molar refractivity (Wildman–Crippen MR) is 92.4 cm³/mol. The van der Waals surface area contributed by atoms with Gasteiger partial charge in [0.1, 0.15) is 0 Å². The van der Waals surface area contributed by atoms with Gasteiger partial charge < -0.3 is 15.5 Å². The first kappa shape index (κ1) is 16.6. The Hall–Kier alpha value is -2.22. The van der Waals surface area contributed by atoms with Crippen LogP contribution in [0.1, 0.15) is 19.4 Å². The number of primary amides is 1. The van der Waals surface area contributed by atoms with Crippen molar-refractivity contribution in [2.24, 2.45) is 5.73 Å². The second-order valence-electron chi connectivity index (χ2n) is 5.77. The Kier molecular flexibility index (Phi) is 4.66. The highest BCUT2D eigenvalue weighted by Gasteiger charge is 2.42. The van der Waals surface area contributed by atoms with E-state index in [1.807, 2.05) is 30.9 Å². The Morgan fingerprint density at radius 3 is 2.83 bits per heavy atom. The molecule has 0 aromatic carbocycles. The highest BCUT2D eigenvalue weighted by Crippen LogP contribution is 2.41. The van der Waals surface area contributed by atoms with Crippen LogP contribution in [0.5, 0.6) is 0 Å². The lowest BCUT2D eigenvalue weighted by Gasteiger charge is -2.33. The minimum atomic E-state index is -0.449. The van der Waals surface area contributed by atoms with Crippen molar-refractivity contribution >= 4 is 23.7 Å². The molecule has 1 atom stereocenters. The first-order valence-electron chi connectivity index (χ1n) is 7.91. The number of rotatable bonds is 5. The Morgan fingerprint density at radius 1 is 1.46 bits per heavy atom. The number of pyridine rings is 1. The van der Waals surface area contributed by atoms with Crippen molar-refractivity contribution in [1.82, 2.24) is 19.7 Å². The maximum absolute atomic E-state index is 12.6. The molecule has 0 radical (unpaired) electrons. The fraction of sp³-hybridized carbons (Fsp3) is 0.438. The molecule has 1 aromatic heterocycles. The summed E-state index contributed by atoms with van der Waals surface area (Å²) in [7, 11) is 0. The van der Waals surface area contributed by atoms with E-state index in [2.05, 4.69) is 9.88 Å². The summed E-state index contributed by atoms with van der Waals surface area (Å²) in [5.41, 5.74) is 7.10.